The molecule has 1 aromatic carbocycles. The normalized spacial score (nSPS) is 10.4. The largest absolute Gasteiger partial charge is 0.390 e. The van der Waals surface area contributed by atoms with Crippen molar-refractivity contribution in [1.29, 1.82) is 0 Å². The van der Waals surface area contributed by atoms with E-state index < -0.39 is 0 Å². The fraction of sp³-hybridized carbons (Fsp3) is 0.429. The van der Waals surface area contributed by atoms with E-state index in [4.69, 9.17) is 0 Å². The summed E-state index contributed by atoms with van der Waals surface area (Å²) < 4.78 is 0. The Morgan fingerprint density at radius 3 is 2.62 bits per heavy atom. The third-order valence-electron chi connectivity index (χ3n) is 2.51. The van der Waals surface area contributed by atoms with Gasteiger partial charge in [-0.1, -0.05) is 43.8 Å². The molecule has 88 valence electrons. The molecule has 0 spiro atoms. The van der Waals surface area contributed by atoms with Crippen molar-refractivity contribution in [3.05, 3.63) is 48.7 Å². The summed E-state index contributed by atoms with van der Waals surface area (Å²) >= 11 is 0. The van der Waals surface area contributed by atoms with E-state index in [2.05, 4.69) is 54.1 Å². The van der Waals surface area contributed by atoms with Crippen molar-refractivity contribution in [3.63, 3.8) is 0 Å². The summed E-state index contributed by atoms with van der Waals surface area (Å²) in [6.07, 6.45) is 2.95. The van der Waals surface area contributed by atoms with Gasteiger partial charge in [0.05, 0.1) is 0 Å². The quantitative estimate of drug-likeness (QED) is 0.675. The Bertz CT molecular complexity index is 282. The number of rotatable bonds is 8. The monoisotopic (exact) mass is 218 g/mol. The number of benzene rings is 1. The summed E-state index contributed by atoms with van der Waals surface area (Å²) in [5.41, 5.74) is 1.38. The smallest absolute Gasteiger partial charge is 0.0269 e. The van der Waals surface area contributed by atoms with Crippen LogP contribution >= 0.6 is 0 Å². The summed E-state index contributed by atoms with van der Waals surface area (Å²) in [5.74, 6) is 0. The van der Waals surface area contributed by atoms with E-state index in [-0.39, 0.29) is 0 Å². The van der Waals surface area contributed by atoms with Gasteiger partial charge in [0.1, 0.15) is 0 Å². The lowest BCUT2D eigenvalue weighted by Gasteiger charge is -2.21. The summed E-state index contributed by atoms with van der Waals surface area (Å²) in [7, 11) is 0. The molecule has 0 radical (unpaired) electrons. The van der Waals surface area contributed by atoms with Gasteiger partial charge in [0, 0.05) is 19.6 Å². The molecule has 0 atom stereocenters. The van der Waals surface area contributed by atoms with Crippen molar-refractivity contribution in [2.45, 2.75) is 19.9 Å². The van der Waals surface area contributed by atoms with E-state index >= 15 is 0 Å². The fourth-order valence-corrected chi connectivity index (χ4v) is 1.75. The van der Waals surface area contributed by atoms with Crippen molar-refractivity contribution in [2.75, 3.05) is 19.6 Å². The van der Waals surface area contributed by atoms with Gasteiger partial charge in [-0.2, -0.15) is 0 Å². The first-order valence-corrected chi connectivity index (χ1v) is 5.97. The number of hydrogen-bond acceptors (Lipinski definition) is 2. The van der Waals surface area contributed by atoms with E-state index in [0.717, 1.165) is 26.2 Å². The van der Waals surface area contributed by atoms with Gasteiger partial charge in [0.15, 0.2) is 0 Å². The maximum atomic E-state index is 3.66. The van der Waals surface area contributed by atoms with Crippen molar-refractivity contribution in [3.8, 4) is 0 Å². The van der Waals surface area contributed by atoms with Crippen molar-refractivity contribution >= 4 is 0 Å². The van der Waals surface area contributed by atoms with Gasteiger partial charge in [-0.15, -0.1) is 0 Å². The second-order valence-electron chi connectivity index (χ2n) is 3.92. The molecular formula is C14H22N2. The topological polar surface area (TPSA) is 15.3 Å². The zero-order chi connectivity index (χ0) is 11.6. The number of hydrogen-bond donors (Lipinski definition) is 1. The van der Waals surface area contributed by atoms with Crippen LogP contribution < -0.4 is 5.32 Å². The lowest BCUT2D eigenvalue weighted by molar-refractivity contribution is 0.269. The van der Waals surface area contributed by atoms with Crippen LogP contribution in [0.1, 0.15) is 18.9 Å². The number of nitrogens with zero attached hydrogens (tertiary/aromatic N) is 1. The second-order valence-corrected chi connectivity index (χ2v) is 3.92. The molecule has 1 aromatic rings. The molecule has 1 rings (SSSR count). The Morgan fingerprint density at radius 2 is 2.00 bits per heavy atom. The third kappa shape index (κ3) is 4.99. The average molecular weight is 218 g/mol. The highest BCUT2D eigenvalue weighted by atomic mass is 15.1. The van der Waals surface area contributed by atoms with Gasteiger partial charge < -0.3 is 5.32 Å². The van der Waals surface area contributed by atoms with E-state index in [9.17, 15) is 0 Å². The lowest BCUT2D eigenvalue weighted by atomic mass is 10.2. The minimum Gasteiger partial charge on any atom is -0.390 e. The Labute approximate surface area is 99.0 Å². The minimum atomic E-state index is 0.969. The van der Waals surface area contributed by atoms with Crippen LogP contribution in [0, 0.1) is 0 Å². The van der Waals surface area contributed by atoms with Crippen LogP contribution in [-0.4, -0.2) is 24.5 Å². The van der Waals surface area contributed by atoms with Crippen LogP contribution in [0.25, 0.3) is 0 Å². The van der Waals surface area contributed by atoms with Crippen LogP contribution in [0.2, 0.25) is 0 Å². The average Bonchev–Trinajstić information content (AvgIpc) is 2.31. The predicted molar refractivity (Wildman–Crippen MR) is 70.2 cm³/mol. The maximum absolute atomic E-state index is 3.66. The van der Waals surface area contributed by atoms with Crippen LogP contribution in [0.4, 0.5) is 0 Å². The van der Waals surface area contributed by atoms with Gasteiger partial charge in [-0.25, -0.2) is 0 Å². The van der Waals surface area contributed by atoms with Gasteiger partial charge in [0.2, 0.25) is 0 Å². The Morgan fingerprint density at radius 1 is 1.25 bits per heavy atom. The molecule has 0 unspecified atom stereocenters. The Balaban J connectivity index is 2.40. The van der Waals surface area contributed by atoms with Gasteiger partial charge >= 0.3 is 0 Å². The lowest BCUT2D eigenvalue weighted by Crippen LogP contribution is -2.30. The van der Waals surface area contributed by atoms with Crippen molar-refractivity contribution < 1.29 is 0 Å². The number of nitrogens with one attached hydrogen (secondary N) is 1. The summed E-state index contributed by atoms with van der Waals surface area (Å²) in [4.78, 5) is 2.46. The van der Waals surface area contributed by atoms with Crippen molar-refractivity contribution in [1.82, 2.24) is 10.2 Å². The van der Waals surface area contributed by atoms with Crippen LogP contribution in [-0.2, 0) is 6.54 Å². The first kappa shape index (κ1) is 12.8. The van der Waals surface area contributed by atoms with E-state index in [1.54, 1.807) is 6.20 Å². The molecule has 0 heterocycles. The van der Waals surface area contributed by atoms with Crippen molar-refractivity contribution in [2.24, 2.45) is 0 Å². The molecular weight excluding hydrogens is 196 g/mol. The molecule has 0 amide bonds. The molecule has 0 bridgehead atoms. The molecule has 0 saturated carbocycles. The maximum Gasteiger partial charge on any atom is 0.0269 e. The van der Waals surface area contributed by atoms with Gasteiger partial charge in [0.25, 0.3) is 0 Å². The molecule has 1 N–H and O–H groups in total. The highest BCUT2D eigenvalue weighted by Crippen LogP contribution is 2.04. The second kappa shape index (κ2) is 7.94. The first-order valence-electron chi connectivity index (χ1n) is 5.97. The summed E-state index contributed by atoms with van der Waals surface area (Å²) in [6.45, 7) is 10.1. The molecule has 0 aliphatic heterocycles. The predicted octanol–water partition coefficient (Wildman–Crippen LogP) is 2.63. The Kier molecular flexibility index (Phi) is 6.35. The van der Waals surface area contributed by atoms with Crippen LogP contribution in [0.15, 0.2) is 43.1 Å². The molecule has 0 fully saturated rings. The zero-order valence-corrected chi connectivity index (χ0v) is 10.2. The molecule has 2 heteroatoms. The fourth-order valence-electron chi connectivity index (χ4n) is 1.75. The highest BCUT2D eigenvalue weighted by molar-refractivity contribution is 5.14. The van der Waals surface area contributed by atoms with E-state index in [1.807, 2.05) is 0 Å². The molecule has 2 nitrogen and oxygen atoms in total. The van der Waals surface area contributed by atoms with Gasteiger partial charge in [-0.05, 0) is 24.7 Å². The molecule has 0 aromatic heterocycles. The first-order chi connectivity index (χ1) is 7.86. The van der Waals surface area contributed by atoms with Crippen LogP contribution in [0.5, 0.6) is 0 Å². The SMILES string of the molecule is C=CNCCN(CCC)Cc1ccccc1. The Hall–Kier alpha value is -1.28. The molecule has 0 aliphatic rings. The molecule has 16 heavy (non-hydrogen) atoms. The zero-order valence-electron chi connectivity index (χ0n) is 10.2. The van der Waals surface area contributed by atoms with E-state index in [1.165, 1.54) is 12.0 Å². The minimum absolute atomic E-state index is 0.969. The summed E-state index contributed by atoms with van der Waals surface area (Å²) in [5, 5.41) is 3.15. The van der Waals surface area contributed by atoms with Crippen LogP contribution in [0.3, 0.4) is 0 Å². The standard InChI is InChI=1S/C14H22N2/c1-3-11-16(12-10-15-4-2)13-14-8-6-5-7-9-14/h4-9,15H,2-3,10-13H2,1H3. The molecule has 0 saturated heterocycles. The van der Waals surface area contributed by atoms with E-state index in [0.29, 0.717) is 0 Å². The molecule has 0 aliphatic carbocycles. The third-order valence-corrected chi connectivity index (χ3v) is 2.51. The highest BCUT2D eigenvalue weighted by Gasteiger charge is 2.03. The summed E-state index contributed by atoms with van der Waals surface area (Å²) in [6, 6.07) is 10.6. The van der Waals surface area contributed by atoms with Gasteiger partial charge in [-0.3, -0.25) is 4.90 Å².